The first-order valence-corrected chi connectivity index (χ1v) is 18.0. The molecule has 1 nitrogen and oxygen atoms in total. The standard InChI is InChI=1S/C30H56OSi/c1-21(2)10-9-11-22(3)26-14-15-27-25-13-12-23-20-24(31-32(6,7)8)16-18-29(23,4)28(25)17-19-30(26,27)5/h21-28H,9-20H2,1-8H3/t22-,23?,24?,25+,26-,27+,28+,29+,30-/m1/s1. The summed E-state index contributed by atoms with van der Waals surface area (Å²) in [4.78, 5) is 0. The van der Waals surface area contributed by atoms with Gasteiger partial charge in [0.2, 0.25) is 0 Å². The van der Waals surface area contributed by atoms with Crippen molar-refractivity contribution in [3.63, 3.8) is 0 Å². The molecule has 4 aliphatic rings. The molecule has 0 N–H and O–H groups in total. The van der Waals surface area contributed by atoms with Crippen LogP contribution in [-0.2, 0) is 4.43 Å². The van der Waals surface area contributed by atoms with E-state index < -0.39 is 8.32 Å². The first kappa shape index (κ1) is 25.3. The van der Waals surface area contributed by atoms with Gasteiger partial charge in [0.25, 0.3) is 0 Å². The first-order valence-electron chi connectivity index (χ1n) is 14.6. The van der Waals surface area contributed by atoms with E-state index in [1.807, 2.05) is 0 Å². The zero-order valence-electron chi connectivity index (χ0n) is 23.0. The lowest BCUT2D eigenvalue weighted by Gasteiger charge is -2.61. The van der Waals surface area contributed by atoms with Crippen LogP contribution in [0.3, 0.4) is 0 Å². The number of rotatable bonds is 7. The second-order valence-electron chi connectivity index (χ2n) is 14.8. The van der Waals surface area contributed by atoms with Crippen LogP contribution >= 0.6 is 0 Å². The zero-order valence-corrected chi connectivity index (χ0v) is 24.0. The molecule has 186 valence electrons. The highest BCUT2D eigenvalue weighted by Crippen LogP contribution is 2.68. The van der Waals surface area contributed by atoms with E-state index >= 15 is 0 Å². The molecular formula is C30H56OSi. The summed E-state index contributed by atoms with van der Waals surface area (Å²) < 4.78 is 6.62. The fraction of sp³-hybridized carbons (Fsp3) is 1.00. The molecule has 0 heterocycles. The maximum Gasteiger partial charge on any atom is 0.184 e. The van der Waals surface area contributed by atoms with Crippen molar-refractivity contribution in [1.29, 1.82) is 0 Å². The molecule has 0 bridgehead atoms. The Morgan fingerprint density at radius 1 is 0.812 bits per heavy atom. The molecular weight excluding hydrogens is 404 g/mol. The normalized spacial score (nSPS) is 45.3. The Bertz CT molecular complexity index is 637. The molecule has 9 atom stereocenters. The lowest BCUT2D eigenvalue weighted by Crippen LogP contribution is -2.54. The van der Waals surface area contributed by atoms with Gasteiger partial charge < -0.3 is 4.43 Å². The van der Waals surface area contributed by atoms with Crippen molar-refractivity contribution < 1.29 is 4.43 Å². The summed E-state index contributed by atoms with van der Waals surface area (Å²) in [6.45, 7) is 20.0. The number of hydrogen-bond donors (Lipinski definition) is 0. The molecule has 0 spiro atoms. The van der Waals surface area contributed by atoms with E-state index in [1.54, 1.807) is 6.42 Å². The van der Waals surface area contributed by atoms with Gasteiger partial charge in [-0.25, -0.2) is 0 Å². The van der Waals surface area contributed by atoms with E-state index in [-0.39, 0.29) is 0 Å². The van der Waals surface area contributed by atoms with Crippen molar-refractivity contribution in [3.8, 4) is 0 Å². The van der Waals surface area contributed by atoms with E-state index in [4.69, 9.17) is 4.43 Å². The highest BCUT2D eigenvalue weighted by Gasteiger charge is 2.60. The monoisotopic (exact) mass is 460 g/mol. The molecule has 32 heavy (non-hydrogen) atoms. The Labute approximate surface area is 202 Å². The molecule has 4 rings (SSSR count). The third kappa shape index (κ3) is 4.80. The molecule has 4 saturated carbocycles. The van der Waals surface area contributed by atoms with Gasteiger partial charge in [0.05, 0.1) is 0 Å². The van der Waals surface area contributed by atoms with Crippen molar-refractivity contribution in [2.75, 3.05) is 0 Å². The van der Waals surface area contributed by atoms with E-state index in [9.17, 15) is 0 Å². The second-order valence-corrected chi connectivity index (χ2v) is 19.3. The minimum Gasteiger partial charge on any atom is -0.415 e. The molecule has 0 saturated heterocycles. The molecule has 0 aromatic heterocycles. The summed E-state index contributed by atoms with van der Waals surface area (Å²) in [5.41, 5.74) is 1.24. The fourth-order valence-electron chi connectivity index (χ4n) is 9.85. The third-order valence-electron chi connectivity index (χ3n) is 11.3. The van der Waals surface area contributed by atoms with Gasteiger partial charge >= 0.3 is 0 Å². The van der Waals surface area contributed by atoms with Gasteiger partial charge in [-0.3, -0.25) is 0 Å². The smallest absolute Gasteiger partial charge is 0.184 e. The third-order valence-corrected chi connectivity index (χ3v) is 12.4. The Hall–Kier alpha value is 0.177. The van der Waals surface area contributed by atoms with Crippen molar-refractivity contribution in [3.05, 3.63) is 0 Å². The van der Waals surface area contributed by atoms with Crippen LogP contribution in [0.15, 0.2) is 0 Å². The minimum atomic E-state index is -1.42. The predicted molar refractivity (Wildman–Crippen MR) is 141 cm³/mol. The van der Waals surface area contributed by atoms with Gasteiger partial charge in [-0.15, -0.1) is 0 Å². The van der Waals surface area contributed by atoms with Crippen LogP contribution in [-0.4, -0.2) is 14.4 Å². The maximum absolute atomic E-state index is 6.62. The lowest BCUT2D eigenvalue weighted by molar-refractivity contribution is -0.127. The summed E-state index contributed by atoms with van der Waals surface area (Å²) >= 11 is 0. The van der Waals surface area contributed by atoms with Crippen LogP contribution in [0.1, 0.15) is 112 Å². The number of hydrogen-bond acceptors (Lipinski definition) is 1. The molecule has 2 heteroatoms. The topological polar surface area (TPSA) is 9.23 Å². The summed E-state index contributed by atoms with van der Waals surface area (Å²) in [7, 11) is -1.42. The Balaban J connectivity index is 1.42. The van der Waals surface area contributed by atoms with Crippen LogP contribution in [0.2, 0.25) is 19.6 Å². The van der Waals surface area contributed by atoms with Gasteiger partial charge in [0.15, 0.2) is 8.32 Å². The van der Waals surface area contributed by atoms with Crippen molar-refractivity contribution in [2.45, 2.75) is 137 Å². The highest BCUT2D eigenvalue weighted by molar-refractivity contribution is 6.69. The van der Waals surface area contributed by atoms with E-state index in [2.05, 4.69) is 54.3 Å². The van der Waals surface area contributed by atoms with Crippen LogP contribution in [0, 0.1) is 52.3 Å². The molecule has 4 fully saturated rings. The summed E-state index contributed by atoms with van der Waals surface area (Å²) in [5, 5.41) is 0. The van der Waals surface area contributed by atoms with Crippen molar-refractivity contribution in [1.82, 2.24) is 0 Å². The van der Waals surface area contributed by atoms with E-state index in [0.29, 0.717) is 16.9 Å². The lowest BCUT2D eigenvalue weighted by atomic mass is 9.44. The summed E-state index contributed by atoms with van der Waals surface area (Å²) in [5.74, 6) is 6.77. The second kappa shape index (κ2) is 9.33. The minimum absolute atomic E-state index is 0.563. The first-order chi connectivity index (χ1) is 14.9. The molecule has 0 amide bonds. The molecule has 0 aromatic rings. The predicted octanol–water partition coefficient (Wildman–Crippen LogP) is 9.33. The Kier molecular flexibility index (Phi) is 7.37. The van der Waals surface area contributed by atoms with Crippen LogP contribution in [0.4, 0.5) is 0 Å². The SMILES string of the molecule is CC(C)CCC[C@@H](C)[C@H]1CC[C@H]2[C@@H]3CCC4CC(O[Si](C)(C)C)CC[C@]4(C)[C@H]3CC[C@]12C. The Morgan fingerprint density at radius 3 is 2.19 bits per heavy atom. The molecule has 0 radical (unpaired) electrons. The largest absolute Gasteiger partial charge is 0.415 e. The van der Waals surface area contributed by atoms with Gasteiger partial charge in [-0.2, -0.15) is 0 Å². The maximum atomic E-state index is 6.62. The number of fused-ring (bicyclic) bond motifs is 5. The van der Waals surface area contributed by atoms with Crippen molar-refractivity contribution >= 4 is 8.32 Å². The molecule has 0 aromatic carbocycles. The van der Waals surface area contributed by atoms with E-state index in [0.717, 1.165) is 41.4 Å². The van der Waals surface area contributed by atoms with Crippen LogP contribution in [0.5, 0.6) is 0 Å². The molecule has 2 unspecified atom stereocenters. The average molecular weight is 461 g/mol. The molecule has 4 aliphatic carbocycles. The van der Waals surface area contributed by atoms with Gasteiger partial charge in [0, 0.05) is 6.10 Å². The highest BCUT2D eigenvalue weighted by atomic mass is 28.4. The Morgan fingerprint density at radius 2 is 1.50 bits per heavy atom. The fourth-order valence-corrected chi connectivity index (χ4v) is 11.1. The van der Waals surface area contributed by atoms with Gasteiger partial charge in [0.1, 0.15) is 0 Å². The zero-order chi connectivity index (χ0) is 23.3. The molecule has 0 aliphatic heterocycles. The van der Waals surface area contributed by atoms with Crippen LogP contribution < -0.4 is 0 Å². The summed E-state index contributed by atoms with van der Waals surface area (Å²) in [6, 6.07) is 0. The quantitative estimate of drug-likeness (QED) is 0.344. The van der Waals surface area contributed by atoms with Gasteiger partial charge in [-0.05, 0) is 130 Å². The summed E-state index contributed by atoms with van der Waals surface area (Å²) in [6.07, 6.45) is 18.2. The van der Waals surface area contributed by atoms with Gasteiger partial charge in [-0.1, -0.05) is 53.9 Å². The van der Waals surface area contributed by atoms with E-state index in [1.165, 1.54) is 70.6 Å². The van der Waals surface area contributed by atoms with Crippen LogP contribution in [0.25, 0.3) is 0 Å². The van der Waals surface area contributed by atoms with Crippen molar-refractivity contribution in [2.24, 2.45) is 52.3 Å². The average Bonchev–Trinajstić information content (AvgIpc) is 3.04.